The summed E-state index contributed by atoms with van der Waals surface area (Å²) in [6, 6.07) is 5.86. The molecule has 1 aliphatic heterocycles. The molecule has 2 N–H and O–H groups in total. The molecule has 124 valence electrons. The van der Waals surface area contributed by atoms with Crippen molar-refractivity contribution in [3.05, 3.63) is 35.0 Å². The maximum atomic E-state index is 11.9. The van der Waals surface area contributed by atoms with E-state index in [1.165, 1.54) is 5.69 Å². The van der Waals surface area contributed by atoms with E-state index in [0.29, 0.717) is 6.54 Å². The molecule has 24 heavy (non-hydrogen) atoms. The molecular formula is C17H18N4O2S. The van der Waals surface area contributed by atoms with Gasteiger partial charge in [-0.15, -0.1) is 11.3 Å². The molecule has 1 aromatic carbocycles. The van der Waals surface area contributed by atoms with Crippen molar-refractivity contribution >= 4 is 27.9 Å². The van der Waals surface area contributed by atoms with Gasteiger partial charge in [0, 0.05) is 35.8 Å². The topological polar surface area (TPSA) is 72.9 Å². The Hall–Kier alpha value is -2.38. The number of nitrogens with zero attached hydrogens (tertiary/aromatic N) is 3. The van der Waals surface area contributed by atoms with E-state index in [-0.39, 0.29) is 12.5 Å². The summed E-state index contributed by atoms with van der Waals surface area (Å²) < 4.78 is 7.66. The van der Waals surface area contributed by atoms with Crippen LogP contribution in [0.15, 0.2) is 23.6 Å². The van der Waals surface area contributed by atoms with E-state index in [2.05, 4.69) is 16.7 Å². The number of aromatic nitrogens is 2. The fourth-order valence-corrected chi connectivity index (χ4v) is 4.05. The highest BCUT2D eigenvalue weighted by molar-refractivity contribution is 7.15. The molecule has 0 atom stereocenters. The smallest absolute Gasteiger partial charge is 0.264 e. The van der Waals surface area contributed by atoms with Crippen LogP contribution in [0.1, 0.15) is 11.4 Å². The van der Waals surface area contributed by atoms with Crippen LogP contribution in [0, 0.1) is 6.92 Å². The SMILES string of the molecule is Cc1c(-c2ccc3c(c2)N(C)C(=O)CO3)nc2scc(CCN)n12. The Kier molecular flexibility index (Phi) is 3.54. The maximum absolute atomic E-state index is 11.9. The fourth-order valence-electron chi connectivity index (χ4n) is 3.08. The first-order valence-electron chi connectivity index (χ1n) is 7.79. The Balaban J connectivity index is 1.83. The van der Waals surface area contributed by atoms with Gasteiger partial charge in [-0.05, 0) is 31.7 Å². The number of fused-ring (bicyclic) bond motifs is 2. The molecule has 0 bridgehead atoms. The lowest BCUT2D eigenvalue weighted by Crippen LogP contribution is -2.35. The molecule has 7 heteroatoms. The number of aryl methyl sites for hydroxylation is 1. The van der Waals surface area contributed by atoms with Crippen molar-refractivity contribution in [1.29, 1.82) is 0 Å². The molecule has 2 aromatic heterocycles. The molecule has 3 aromatic rings. The minimum Gasteiger partial charge on any atom is -0.482 e. The summed E-state index contributed by atoms with van der Waals surface area (Å²) in [5.41, 5.74) is 10.7. The molecule has 0 unspecified atom stereocenters. The molecule has 0 saturated heterocycles. The van der Waals surface area contributed by atoms with Crippen LogP contribution in [0.2, 0.25) is 0 Å². The van der Waals surface area contributed by atoms with E-state index in [9.17, 15) is 4.79 Å². The van der Waals surface area contributed by atoms with E-state index in [1.807, 2.05) is 18.2 Å². The van der Waals surface area contributed by atoms with E-state index in [4.69, 9.17) is 15.5 Å². The largest absolute Gasteiger partial charge is 0.482 e. The number of rotatable bonds is 3. The summed E-state index contributed by atoms with van der Waals surface area (Å²) in [5, 5.41) is 2.11. The van der Waals surface area contributed by atoms with Crippen molar-refractivity contribution in [1.82, 2.24) is 9.38 Å². The first-order valence-corrected chi connectivity index (χ1v) is 8.67. The Labute approximate surface area is 143 Å². The highest BCUT2D eigenvalue weighted by Gasteiger charge is 2.23. The van der Waals surface area contributed by atoms with Crippen molar-refractivity contribution in [2.45, 2.75) is 13.3 Å². The summed E-state index contributed by atoms with van der Waals surface area (Å²) in [6.45, 7) is 2.76. The summed E-state index contributed by atoms with van der Waals surface area (Å²) in [6.07, 6.45) is 0.825. The van der Waals surface area contributed by atoms with Crippen molar-refractivity contribution in [2.75, 3.05) is 25.1 Å². The number of nitrogens with two attached hydrogens (primary N) is 1. The summed E-state index contributed by atoms with van der Waals surface area (Å²) >= 11 is 1.62. The lowest BCUT2D eigenvalue weighted by Gasteiger charge is -2.26. The summed E-state index contributed by atoms with van der Waals surface area (Å²) in [7, 11) is 1.77. The summed E-state index contributed by atoms with van der Waals surface area (Å²) in [4.78, 5) is 19.2. The Morgan fingerprint density at radius 3 is 3.04 bits per heavy atom. The molecule has 0 radical (unpaired) electrons. The molecule has 0 fully saturated rings. The van der Waals surface area contributed by atoms with Crippen molar-refractivity contribution in [3.8, 4) is 17.0 Å². The van der Waals surface area contributed by atoms with Crippen LogP contribution in [-0.2, 0) is 11.2 Å². The second kappa shape index (κ2) is 5.61. The van der Waals surface area contributed by atoms with Gasteiger partial charge >= 0.3 is 0 Å². The van der Waals surface area contributed by atoms with Gasteiger partial charge in [-0.25, -0.2) is 4.98 Å². The first-order chi connectivity index (χ1) is 11.6. The van der Waals surface area contributed by atoms with Crippen LogP contribution < -0.4 is 15.4 Å². The van der Waals surface area contributed by atoms with Gasteiger partial charge in [0.1, 0.15) is 5.75 Å². The number of ether oxygens (including phenoxy) is 1. The average molecular weight is 342 g/mol. The normalized spacial score (nSPS) is 14.1. The number of carbonyl (C=O) groups is 1. The zero-order valence-electron chi connectivity index (χ0n) is 13.6. The minimum absolute atomic E-state index is 0.0487. The van der Waals surface area contributed by atoms with Crippen molar-refractivity contribution < 1.29 is 9.53 Å². The zero-order chi connectivity index (χ0) is 16.8. The molecular weight excluding hydrogens is 324 g/mol. The maximum Gasteiger partial charge on any atom is 0.264 e. The second-order valence-corrected chi connectivity index (χ2v) is 6.69. The third-order valence-electron chi connectivity index (χ3n) is 4.38. The third kappa shape index (κ3) is 2.20. The second-order valence-electron chi connectivity index (χ2n) is 5.85. The van der Waals surface area contributed by atoms with Crippen LogP contribution in [0.3, 0.4) is 0 Å². The number of amides is 1. The summed E-state index contributed by atoms with van der Waals surface area (Å²) in [5.74, 6) is 0.677. The highest BCUT2D eigenvalue weighted by atomic mass is 32.1. The van der Waals surface area contributed by atoms with Gasteiger partial charge in [-0.1, -0.05) is 0 Å². The van der Waals surface area contributed by atoms with Gasteiger partial charge in [-0.2, -0.15) is 0 Å². The minimum atomic E-state index is -0.0487. The molecule has 0 aliphatic carbocycles. The van der Waals surface area contributed by atoms with Crippen LogP contribution in [0.25, 0.3) is 16.2 Å². The molecule has 4 rings (SSSR count). The lowest BCUT2D eigenvalue weighted by atomic mass is 10.1. The van der Waals surface area contributed by atoms with Crippen molar-refractivity contribution in [2.24, 2.45) is 5.73 Å². The Bertz CT molecular complexity index is 944. The number of likely N-dealkylation sites (N-methyl/N-ethyl adjacent to an activating group) is 1. The van der Waals surface area contributed by atoms with Crippen LogP contribution in [-0.4, -0.2) is 35.5 Å². The number of carbonyl (C=O) groups excluding carboxylic acids is 1. The van der Waals surface area contributed by atoms with Crippen LogP contribution in [0.5, 0.6) is 5.75 Å². The Morgan fingerprint density at radius 2 is 2.25 bits per heavy atom. The number of thiazole rings is 1. The van der Waals surface area contributed by atoms with E-state index in [0.717, 1.165) is 39.8 Å². The average Bonchev–Trinajstić information content (AvgIpc) is 3.12. The van der Waals surface area contributed by atoms with Crippen LogP contribution in [0.4, 0.5) is 5.69 Å². The third-order valence-corrected chi connectivity index (χ3v) is 5.26. The molecule has 3 heterocycles. The van der Waals surface area contributed by atoms with Gasteiger partial charge in [-0.3, -0.25) is 9.20 Å². The van der Waals surface area contributed by atoms with Gasteiger partial charge in [0.05, 0.1) is 11.4 Å². The molecule has 1 amide bonds. The van der Waals surface area contributed by atoms with Gasteiger partial charge in [0.15, 0.2) is 11.6 Å². The fraction of sp³-hybridized carbons (Fsp3) is 0.294. The van der Waals surface area contributed by atoms with Crippen molar-refractivity contribution in [3.63, 3.8) is 0 Å². The predicted octanol–water partition coefficient (Wildman–Crippen LogP) is 2.23. The van der Waals surface area contributed by atoms with E-state index >= 15 is 0 Å². The van der Waals surface area contributed by atoms with Crippen LogP contribution >= 0.6 is 11.3 Å². The predicted molar refractivity (Wildman–Crippen MR) is 94.9 cm³/mol. The molecule has 6 nitrogen and oxygen atoms in total. The number of imidazole rings is 1. The standard InChI is InChI=1S/C17H18N4O2S/c1-10-16(19-17-21(10)12(5-6-18)9-24-17)11-3-4-14-13(7-11)20(2)15(22)8-23-14/h3-4,7,9H,5-6,8,18H2,1-2H3. The Morgan fingerprint density at radius 1 is 1.42 bits per heavy atom. The van der Waals surface area contributed by atoms with E-state index < -0.39 is 0 Å². The number of anilines is 1. The lowest BCUT2D eigenvalue weighted by molar-refractivity contribution is -0.120. The number of benzene rings is 1. The van der Waals surface area contributed by atoms with E-state index in [1.54, 1.807) is 23.3 Å². The first kappa shape index (κ1) is 15.2. The van der Waals surface area contributed by atoms with Gasteiger partial charge < -0.3 is 15.4 Å². The van der Waals surface area contributed by atoms with Gasteiger partial charge in [0.2, 0.25) is 0 Å². The molecule has 0 spiro atoms. The quantitative estimate of drug-likeness (QED) is 0.792. The van der Waals surface area contributed by atoms with Gasteiger partial charge in [0.25, 0.3) is 5.91 Å². The molecule has 0 saturated carbocycles. The monoisotopic (exact) mass is 342 g/mol. The number of hydrogen-bond acceptors (Lipinski definition) is 5. The zero-order valence-corrected chi connectivity index (χ0v) is 14.4. The number of hydrogen-bond donors (Lipinski definition) is 1. The highest BCUT2D eigenvalue weighted by Crippen LogP contribution is 2.36. The molecule has 1 aliphatic rings.